The number of hydrogen-bond acceptors (Lipinski definition) is 6. The molecular weight excluding hydrogens is 402 g/mol. The fourth-order valence-corrected chi connectivity index (χ4v) is 3.43. The van der Waals surface area contributed by atoms with Crippen LogP contribution in [0, 0.1) is 0 Å². The number of rotatable bonds is 8. The number of nitrogens with two attached hydrogens (primary N) is 2. The molecule has 1 atom stereocenters. The number of ether oxygens (including phenoxy) is 1. The third kappa shape index (κ3) is 5.31. The second kappa shape index (κ2) is 9.82. The van der Waals surface area contributed by atoms with Gasteiger partial charge in [-0.05, 0) is 46.8 Å². The first-order valence-corrected chi connectivity index (χ1v) is 10.1. The fourth-order valence-electron chi connectivity index (χ4n) is 2.80. The Morgan fingerprint density at radius 1 is 0.967 bits per heavy atom. The van der Waals surface area contributed by atoms with Crippen LogP contribution in [-0.4, -0.2) is 24.3 Å². The van der Waals surface area contributed by atoms with Gasteiger partial charge in [0.25, 0.3) is 0 Å². The van der Waals surface area contributed by atoms with Gasteiger partial charge in [-0.3, -0.25) is 9.59 Å². The third-order valence-electron chi connectivity index (χ3n) is 4.50. The summed E-state index contributed by atoms with van der Waals surface area (Å²) in [5, 5.41) is 6.34. The van der Waals surface area contributed by atoms with Crippen molar-refractivity contribution in [2.75, 3.05) is 11.9 Å². The molecule has 30 heavy (non-hydrogen) atoms. The molecule has 5 N–H and O–H groups in total. The first-order chi connectivity index (χ1) is 14.5. The Morgan fingerprint density at radius 3 is 2.23 bits per heavy atom. The maximum absolute atomic E-state index is 12.6. The van der Waals surface area contributed by atoms with Gasteiger partial charge in [0.15, 0.2) is 0 Å². The molecule has 1 heterocycles. The molecule has 0 bridgehead atoms. The van der Waals surface area contributed by atoms with E-state index < -0.39 is 11.8 Å². The lowest BCUT2D eigenvalue weighted by molar-refractivity contribution is -0.117. The summed E-state index contributed by atoms with van der Waals surface area (Å²) in [6.45, 7) is 0.262. The summed E-state index contributed by atoms with van der Waals surface area (Å²) in [5.41, 5.74) is 14.0. The van der Waals surface area contributed by atoms with E-state index in [1.165, 1.54) is 11.3 Å². The second-order valence-corrected chi connectivity index (χ2v) is 7.33. The van der Waals surface area contributed by atoms with Crippen molar-refractivity contribution in [2.24, 2.45) is 11.5 Å². The van der Waals surface area contributed by atoms with E-state index in [0.29, 0.717) is 16.8 Å². The Hall–Kier alpha value is -3.49. The molecule has 7 nitrogen and oxygen atoms in total. The van der Waals surface area contributed by atoms with Crippen molar-refractivity contribution in [3.05, 3.63) is 87.6 Å². The molecule has 3 rings (SSSR count). The number of esters is 1. The molecule has 0 aliphatic heterocycles. The monoisotopic (exact) mass is 423 g/mol. The molecular formula is C22H21N3O4S. The molecule has 1 aromatic heterocycles. The van der Waals surface area contributed by atoms with Crippen LogP contribution in [0.25, 0.3) is 0 Å². The second-order valence-electron chi connectivity index (χ2n) is 6.55. The van der Waals surface area contributed by atoms with Gasteiger partial charge in [0, 0.05) is 23.2 Å². The smallest absolute Gasteiger partial charge is 0.339 e. The summed E-state index contributed by atoms with van der Waals surface area (Å²) in [6.07, 6.45) is 0. The van der Waals surface area contributed by atoms with E-state index in [-0.39, 0.29) is 25.0 Å². The highest BCUT2D eigenvalue weighted by molar-refractivity contribution is 7.08. The Kier molecular flexibility index (Phi) is 6.95. The molecule has 0 radical (unpaired) electrons. The van der Waals surface area contributed by atoms with E-state index in [9.17, 15) is 14.4 Å². The largest absolute Gasteiger partial charge is 0.457 e. The van der Waals surface area contributed by atoms with Crippen molar-refractivity contribution in [3.63, 3.8) is 0 Å². The zero-order valence-corrected chi connectivity index (χ0v) is 16.9. The summed E-state index contributed by atoms with van der Waals surface area (Å²) in [6, 6.07) is 15.2. The van der Waals surface area contributed by atoms with Crippen LogP contribution < -0.4 is 16.8 Å². The lowest BCUT2D eigenvalue weighted by Gasteiger charge is -2.16. The van der Waals surface area contributed by atoms with E-state index in [2.05, 4.69) is 5.32 Å². The number of hydrogen-bond donors (Lipinski definition) is 3. The Bertz CT molecular complexity index is 1020. The minimum absolute atomic E-state index is 0.123. The molecule has 154 valence electrons. The van der Waals surface area contributed by atoms with Gasteiger partial charge in [-0.15, -0.1) is 0 Å². The van der Waals surface area contributed by atoms with Crippen LogP contribution in [-0.2, 0) is 16.1 Å². The highest BCUT2D eigenvalue weighted by Gasteiger charge is 2.19. The molecule has 0 saturated carbocycles. The number of amides is 2. The molecule has 0 spiro atoms. The number of primary amides is 1. The molecule has 0 saturated heterocycles. The first kappa shape index (κ1) is 21.2. The highest BCUT2D eigenvalue weighted by Crippen LogP contribution is 2.19. The van der Waals surface area contributed by atoms with Gasteiger partial charge in [0.05, 0.1) is 11.5 Å². The van der Waals surface area contributed by atoms with E-state index >= 15 is 0 Å². The van der Waals surface area contributed by atoms with Crippen LogP contribution in [0.4, 0.5) is 5.69 Å². The quantitative estimate of drug-likeness (QED) is 0.481. The van der Waals surface area contributed by atoms with Gasteiger partial charge in [-0.2, -0.15) is 11.3 Å². The van der Waals surface area contributed by atoms with Gasteiger partial charge in [0.1, 0.15) is 6.61 Å². The summed E-state index contributed by atoms with van der Waals surface area (Å²) >= 11 is 1.43. The van der Waals surface area contributed by atoms with Crippen molar-refractivity contribution in [2.45, 2.75) is 12.5 Å². The Labute approximate surface area is 177 Å². The van der Waals surface area contributed by atoms with Gasteiger partial charge in [0.2, 0.25) is 11.8 Å². The van der Waals surface area contributed by atoms with Crippen LogP contribution in [0.5, 0.6) is 0 Å². The van der Waals surface area contributed by atoms with E-state index in [4.69, 9.17) is 16.2 Å². The maximum atomic E-state index is 12.6. The number of thiophene rings is 1. The number of carbonyl (C=O) groups is 3. The van der Waals surface area contributed by atoms with Crippen molar-refractivity contribution in [1.29, 1.82) is 0 Å². The van der Waals surface area contributed by atoms with Crippen molar-refractivity contribution in [3.8, 4) is 0 Å². The molecule has 0 aliphatic rings. The Morgan fingerprint density at radius 2 is 1.67 bits per heavy atom. The zero-order chi connectivity index (χ0) is 21.5. The van der Waals surface area contributed by atoms with Gasteiger partial charge >= 0.3 is 5.97 Å². The number of anilines is 1. The summed E-state index contributed by atoms with van der Waals surface area (Å²) in [5.74, 6) is -1.72. The number of benzene rings is 2. The van der Waals surface area contributed by atoms with Crippen LogP contribution in [0.1, 0.15) is 37.8 Å². The molecule has 8 heteroatoms. The Balaban J connectivity index is 1.60. The summed E-state index contributed by atoms with van der Waals surface area (Å²) < 4.78 is 5.28. The molecule has 2 aromatic carbocycles. The van der Waals surface area contributed by atoms with Gasteiger partial charge < -0.3 is 21.5 Å². The van der Waals surface area contributed by atoms with Crippen molar-refractivity contribution in [1.82, 2.24) is 0 Å². The van der Waals surface area contributed by atoms with Crippen LogP contribution in [0.15, 0.2) is 65.4 Å². The van der Waals surface area contributed by atoms with E-state index in [0.717, 1.165) is 11.1 Å². The van der Waals surface area contributed by atoms with Crippen molar-refractivity contribution < 1.29 is 19.1 Å². The van der Waals surface area contributed by atoms with Crippen LogP contribution in [0.2, 0.25) is 0 Å². The predicted octanol–water partition coefficient (Wildman–Crippen LogP) is 2.89. The number of nitrogens with one attached hydrogen (secondary N) is 1. The average Bonchev–Trinajstić information content (AvgIpc) is 3.29. The lowest BCUT2D eigenvalue weighted by atomic mass is 9.97. The zero-order valence-electron chi connectivity index (χ0n) is 16.0. The molecule has 0 fully saturated rings. The van der Waals surface area contributed by atoms with Gasteiger partial charge in [-0.1, -0.05) is 24.3 Å². The third-order valence-corrected chi connectivity index (χ3v) is 5.18. The molecule has 1 unspecified atom stereocenters. The van der Waals surface area contributed by atoms with Gasteiger partial charge in [-0.25, -0.2) is 4.79 Å². The van der Waals surface area contributed by atoms with Crippen LogP contribution in [0.3, 0.4) is 0 Å². The fraction of sp³-hybridized carbons (Fsp3) is 0.136. The molecule has 3 aromatic rings. The van der Waals surface area contributed by atoms with E-state index in [1.54, 1.807) is 60.0 Å². The number of carbonyl (C=O) groups excluding carboxylic acids is 3. The minimum Gasteiger partial charge on any atom is -0.457 e. The highest BCUT2D eigenvalue weighted by atomic mass is 32.1. The topological polar surface area (TPSA) is 125 Å². The van der Waals surface area contributed by atoms with Crippen LogP contribution >= 0.6 is 11.3 Å². The molecule has 0 aliphatic carbocycles. The summed E-state index contributed by atoms with van der Waals surface area (Å²) in [7, 11) is 0. The normalized spacial score (nSPS) is 11.5. The standard InChI is InChI=1S/C22H21N3O4S/c23-11-19(21(27)25-18-7-5-16(6-8-18)20(24)26)15-3-1-14(2-4-15)12-29-22(28)17-9-10-30-13-17/h1-10,13,19H,11-12,23H2,(H2,24,26)(H,25,27). The lowest BCUT2D eigenvalue weighted by Crippen LogP contribution is -2.27. The van der Waals surface area contributed by atoms with E-state index in [1.807, 2.05) is 5.38 Å². The minimum atomic E-state index is -0.553. The summed E-state index contributed by atoms with van der Waals surface area (Å²) in [4.78, 5) is 35.7. The first-order valence-electron chi connectivity index (χ1n) is 9.17. The maximum Gasteiger partial charge on any atom is 0.339 e. The average molecular weight is 423 g/mol. The predicted molar refractivity (Wildman–Crippen MR) is 115 cm³/mol. The SMILES string of the molecule is NCC(C(=O)Nc1ccc(C(N)=O)cc1)c1ccc(COC(=O)c2ccsc2)cc1. The van der Waals surface area contributed by atoms with Crippen molar-refractivity contribution >= 4 is 34.8 Å². The molecule has 2 amide bonds.